The summed E-state index contributed by atoms with van der Waals surface area (Å²) in [6, 6.07) is 14.2. The first kappa shape index (κ1) is 16.6. The predicted octanol–water partition coefficient (Wildman–Crippen LogP) is 3.42. The van der Waals surface area contributed by atoms with Crippen LogP contribution in [-0.2, 0) is 6.42 Å². The number of hydrogen-bond donors (Lipinski definition) is 2. The number of benzene rings is 2. The molecule has 0 spiro atoms. The van der Waals surface area contributed by atoms with Gasteiger partial charge in [0.05, 0.1) is 19.0 Å². The van der Waals surface area contributed by atoms with E-state index in [9.17, 15) is 4.39 Å². The SMILES string of the molecule is COc1ccccc1Nc1cnnc(NCCc2ccccc2F)n1. The molecule has 0 aliphatic carbocycles. The van der Waals surface area contributed by atoms with Gasteiger partial charge in [0.15, 0.2) is 5.82 Å². The van der Waals surface area contributed by atoms with Gasteiger partial charge < -0.3 is 15.4 Å². The highest BCUT2D eigenvalue weighted by atomic mass is 19.1. The summed E-state index contributed by atoms with van der Waals surface area (Å²) in [4.78, 5) is 4.35. The van der Waals surface area contributed by atoms with E-state index in [0.717, 1.165) is 5.69 Å². The van der Waals surface area contributed by atoms with E-state index in [1.165, 1.54) is 12.3 Å². The zero-order valence-corrected chi connectivity index (χ0v) is 13.7. The van der Waals surface area contributed by atoms with Crippen molar-refractivity contribution in [3.05, 3.63) is 66.1 Å². The molecule has 1 aromatic heterocycles. The molecule has 128 valence electrons. The number of nitrogens with zero attached hydrogens (tertiary/aromatic N) is 3. The number of aromatic nitrogens is 3. The van der Waals surface area contributed by atoms with E-state index >= 15 is 0 Å². The van der Waals surface area contributed by atoms with E-state index in [1.807, 2.05) is 30.3 Å². The lowest BCUT2D eigenvalue weighted by Crippen LogP contribution is -2.10. The number of anilines is 3. The quantitative estimate of drug-likeness (QED) is 0.687. The number of hydrogen-bond acceptors (Lipinski definition) is 6. The van der Waals surface area contributed by atoms with E-state index in [1.54, 1.807) is 19.2 Å². The summed E-state index contributed by atoms with van der Waals surface area (Å²) in [5.74, 6) is 1.40. The third-order valence-electron chi connectivity index (χ3n) is 3.56. The van der Waals surface area contributed by atoms with E-state index in [-0.39, 0.29) is 5.82 Å². The fraction of sp³-hybridized carbons (Fsp3) is 0.167. The lowest BCUT2D eigenvalue weighted by molar-refractivity contribution is 0.417. The Labute approximate surface area is 145 Å². The minimum atomic E-state index is -0.213. The molecule has 0 fully saturated rings. The van der Waals surface area contributed by atoms with Crippen molar-refractivity contribution >= 4 is 17.5 Å². The maximum absolute atomic E-state index is 13.6. The molecule has 3 aromatic rings. The first-order valence-electron chi connectivity index (χ1n) is 7.83. The number of halogens is 1. The van der Waals surface area contributed by atoms with Crippen LogP contribution in [-0.4, -0.2) is 28.8 Å². The Bertz CT molecular complexity index is 843. The topological polar surface area (TPSA) is 72.0 Å². The first-order valence-corrected chi connectivity index (χ1v) is 7.83. The summed E-state index contributed by atoms with van der Waals surface area (Å²) >= 11 is 0. The molecule has 6 nitrogen and oxygen atoms in total. The molecule has 2 aromatic carbocycles. The van der Waals surface area contributed by atoms with Crippen LogP contribution in [0.3, 0.4) is 0 Å². The van der Waals surface area contributed by atoms with E-state index < -0.39 is 0 Å². The van der Waals surface area contributed by atoms with Crippen LogP contribution in [0.4, 0.5) is 21.8 Å². The Morgan fingerprint density at radius 3 is 2.72 bits per heavy atom. The molecule has 0 saturated heterocycles. The highest BCUT2D eigenvalue weighted by Crippen LogP contribution is 2.25. The van der Waals surface area contributed by atoms with Gasteiger partial charge in [0.1, 0.15) is 11.6 Å². The van der Waals surface area contributed by atoms with E-state index in [4.69, 9.17) is 4.74 Å². The number of ether oxygens (including phenoxy) is 1. The average Bonchev–Trinajstić information content (AvgIpc) is 2.64. The molecular weight excluding hydrogens is 321 g/mol. The highest BCUT2D eigenvalue weighted by molar-refractivity contribution is 5.63. The molecule has 0 aliphatic rings. The monoisotopic (exact) mass is 339 g/mol. The fourth-order valence-corrected chi connectivity index (χ4v) is 2.33. The minimum absolute atomic E-state index is 0.213. The van der Waals surface area contributed by atoms with Crippen molar-refractivity contribution in [1.29, 1.82) is 0 Å². The normalized spacial score (nSPS) is 10.3. The van der Waals surface area contributed by atoms with Gasteiger partial charge in [0.2, 0.25) is 5.95 Å². The average molecular weight is 339 g/mol. The van der Waals surface area contributed by atoms with Gasteiger partial charge in [-0.05, 0) is 30.2 Å². The van der Waals surface area contributed by atoms with E-state index in [0.29, 0.717) is 36.0 Å². The molecule has 0 unspecified atom stereocenters. The summed E-state index contributed by atoms with van der Waals surface area (Å²) in [7, 11) is 1.61. The highest BCUT2D eigenvalue weighted by Gasteiger charge is 2.06. The summed E-state index contributed by atoms with van der Waals surface area (Å²) in [5.41, 5.74) is 1.43. The first-order chi connectivity index (χ1) is 12.3. The number of nitrogens with one attached hydrogen (secondary N) is 2. The zero-order valence-electron chi connectivity index (χ0n) is 13.7. The van der Waals surface area contributed by atoms with Crippen LogP contribution in [0.15, 0.2) is 54.7 Å². The van der Waals surface area contributed by atoms with Gasteiger partial charge >= 0.3 is 0 Å². The van der Waals surface area contributed by atoms with Gasteiger partial charge in [-0.1, -0.05) is 30.3 Å². The van der Waals surface area contributed by atoms with Crippen LogP contribution < -0.4 is 15.4 Å². The minimum Gasteiger partial charge on any atom is -0.495 e. The second-order valence-electron chi connectivity index (χ2n) is 5.26. The lowest BCUT2D eigenvalue weighted by Gasteiger charge is -2.10. The number of para-hydroxylation sites is 2. The van der Waals surface area contributed by atoms with Gasteiger partial charge in [-0.2, -0.15) is 10.1 Å². The van der Waals surface area contributed by atoms with Crippen LogP contribution in [0.25, 0.3) is 0 Å². The Morgan fingerprint density at radius 1 is 1.08 bits per heavy atom. The zero-order chi connectivity index (χ0) is 17.5. The van der Waals surface area contributed by atoms with Crippen LogP contribution >= 0.6 is 0 Å². The van der Waals surface area contributed by atoms with Crippen molar-refractivity contribution in [2.75, 3.05) is 24.3 Å². The molecular formula is C18H18FN5O. The molecule has 2 N–H and O–H groups in total. The van der Waals surface area contributed by atoms with Crippen LogP contribution in [0, 0.1) is 5.82 Å². The van der Waals surface area contributed by atoms with Crippen molar-refractivity contribution in [1.82, 2.24) is 15.2 Å². The van der Waals surface area contributed by atoms with Gasteiger partial charge in [0, 0.05) is 6.54 Å². The van der Waals surface area contributed by atoms with Gasteiger partial charge in [-0.15, -0.1) is 5.10 Å². The maximum Gasteiger partial charge on any atom is 0.244 e. The van der Waals surface area contributed by atoms with Gasteiger partial charge in [-0.25, -0.2) is 4.39 Å². The molecule has 0 aliphatic heterocycles. The number of methoxy groups -OCH3 is 1. The lowest BCUT2D eigenvalue weighted by atomic mass is 10.1. The van der Waals surface area contributed by atoms with Crippen molar-refractivity contribution in [3.8, 4) is 5.75 Å². The summed E-state index contributed by atoms with van der Waals surface area (Å²) in [6.07, 6.45) is 2.05. The third-order valence-corrected chi connectivity index (χ3v) is 3.56. The molecule has 0 saturated carbocycles. The summed E-state index contributed by atoms with van der Waals surface area (Å²) in [5, 5.41) is 14.1. The molecule has 0 bridgehead atoms. The fourth-order valence-electron chi connectivity index (χ4n) is 2.33. The molecule has 0 amide bonds. The molecule has 3 rings (SSSR count). The van der Waals surface area contributed by atoms with Crippen LogP contribution in [0.2, 0.25) is 0 Å². The van der Waals surface area contributed by atoms with Crippen LogP contribution in [0.1, 0.15) is 5.56 Å². The predicted molar refractivity (Wildman–Crippen MR) is 94.7 cm³/mol. The van der Waals surface area contributed by atoms with Crippen molar-refractivity contribution in [3.63, 3.8) is 0 Å². The molecule has 1 heterocycles. The Morgan fingerprint density at radius 2 is 1.88 bits per heavy atom. The standard InChI is InChI=1S/C18H18FN5O/c1-25-16-9-5-4-8-15(16)22-17-12-21-24-18(23-17)20-11-10-13-6-2-3-7-14(13)19/h2-9,12H,10-11H2,1H3,(H2,20,22,23,24). The largest absolute Gasteiger partial charge is 0.495 e. The number of rotatable bonds is 7. The van der Waals surface area contributed by atoms with Crippen molar-refractivity contribution in [2.45, 2.75) is 6.42 Å². The molecule has 0 atom stereocenters. The molecule has 0 radical (unpaired) electrons. The Hall–Kier alpha value is -3.22. The van der Waals surface area contributed by atoms with Crippen molar-refractivity contribution in [2.24, 2.45) is 0 Å². The third kappa shape index (κ3) is 4.41. The maximum atomic E-state index is 13.6. The molecule has 7 heteroatoms. The second kappa shape index (κ2) is 8.05. The van der Waals surface area contributed by atoms with Crippen LogP contribution in [0.5, 0.6) is 5.75 Å². The van der Waals surface area contributed by atoms with Crippen molar-refractivity contribution < 1.29 is 9.13 Å². The van der Waals surface area contributed by atoms with Gasteiger partial charge in [0.25, 0.3) is 0 Å². The Kier molecular flexibility index (Phi) is 5.36. The molecule has 25 heavy (non-hydrogen) atoms. The summed E-state index contributed by atoms with van der Waals surface area (Å²) in [6.45, 7) is 0.501. The Balaban J connectivity index is 1.62. The smallest absolute Gasteiger partial charge is 0.244 e. The summed E-state index contributed by atoms with van der Waals surface area (Å²) < 4.78 is 18.9. The van der Waals surface area contributed by atoms with E-state index in [2.05, 4.69) is 25.8 Å². The second-order valence-corrected chi connectivity index (χ2v) is 5.26. The van der Waals surface area contributed by atoms with Gasteiger partial charge in [-0.3, -0.25) is 0 Å².